The fourth-order valence-corrected chi connectivity index (χ4v) is 3.02. The maximum absolute atomic E-state index is 13.9. The smallest absolute Gasteiger partial charge is 0.249 e. The molecule has 28 heavy (non-hydrogen) atoms. The van der Waals surface area contributed by atoms with E-state index >= 15 is 0 Å². The van der Waals surface area contributed by atoms with Crippen molar-refractivity contribution in [2.24, 2.45) is 0 Å². The van der Waals surface area contributed by atoms with Gasteiger partial charge in [0.05, 0.1) is 11.4 Å². The maximum Gasteiger partial charge on any atom is 0.249 e. The second kappa shape index (κ2) is 6.84. The van der Waals surface area contributed by atoms with Gasteiger partial charge in [0.25, 0.3) is 0 Å². The first kappa shape index (κ1) is 17.8. The number of anilines is 1. The van der Waals surface area contributed by atoms with Gasteiger partial charge in [0.1, 0.15) is 17.2 Å². The lowest BCUT2D eigenvalue weighted by Gasteiger charge is -2.15. The summed E-state index contributed by atoms with van der Waals surface area (Å²) in [4.78, 5) is 30.2. The molecule has 1 N–H and O–H groups in total. The number of halogens is 1. The molecule has 0 aliphatic rings. The Labute approximate surface area is 160 Å². The Morgan fingerprint density at radius 2 is 1.71 bits per heavy atom. The van der Waals surface area contributed by atoms with Crippen molar-refractivity contribution in [2.45, 2.75) is 6.92 Å². The maximum atomic E-state index is 13.9. The molecule has 4 aromatic rings. The molecular formula is C21H18FN5O. The molecule has 6 nitrogen and oxygen atoms in total. The van der Waals surface area contributed by atoms with Gasteiger partial charge in [-0.05, 0) is 37.3 Å². The highest BCUT2D eigenvalue weighted by molar-refractivity contribution is 5.85. The Balaban J connectivity index is 2.05. The van der Waals surface area contributed by atoms with Crippen LogP contribution in [-0.4, -0.2) is 34.0 Å². The number of aromatic amines is 1. The number of aromatic nitrogens is 4. The van der Waals surface area contributed by atoms with Crippen LogP contribution in [0.1, 0.15) is 5.69 Å². The molecule has 1 aromatic carbocycles. The number of pyridine rings is 2. The van der Waals surface area contributed by atoms with Crippen molar-refractivity contribution in [3.05, 3.63) is 70.4 Å². The number of fused-ring (bicyclic) bond motifs is 1. The fraction of sp³-hybridized carbons (Fsp3) is 0.143. The molecule has 7 heteroatoms. The van der Waals surface area contributed by atoms with Crippen LogP contribution in [-0.2, 0) is 0 Å². The average Bonchev–Trinajstić information content (AvgIpc) is 2.66. The van der Waals surface area contributed by atoms with Crippen LogP contribution in [0.2, 0.25) is 0 Å². The van der Waals surface area contributed by atoms with Gasteiger partial charge in [-0.15, -0.1) is 0 Å². The van der Waals surface area contributed by atoms with Crippen LogP contribution in [0.5, 0.6) is 0 Å². The summed E-state index contributed by atoms with van der Waals surface area (Å²) in [7, 11) is 3.83. The SMILES string of the molecule is Cc1cc(-c2nc3ccc(=O)[nH]c3nc2-c2cccc(F)c2)cc(N(C)C)n1. The predicted octanol–water partition coefficient (Wildman–Crippen LogP) is 3.56. The highest BCUT2D eigenvalue weighted by Gasteiger charge is 2.16. The molecule has 0 bridgehead atoms. The Morgan fingerprint density at radius 3 is 2.46 bits per heavy atom. The summed E-state index contributed by atoms with van der Waals surface area (Å²) in [5.41, 5.74) is 3.95. The first-order valence-corrected chi connectivity index (χ1v) is 8.74. The standard InChI is InChI=1S/C21H18FN5O/c1-12-9-14(11-17(23-12)27(2)3)20-19(13-5-4-6-15(22)10-13)26-21-16(24-20)7-8-18(28)25-21/h4-11H,1-3H3,(H,25,26,28). The molecule has 0 atom stereocenters. The van der Waals surface area contributed by atoms with Gasteiger partial charge in [0, 0.05) is 37.0 Å². The van der Waals surface area contributed by atoms with Crippen LogP contribution in [0, 0.1) is 12.7 Å². The molecule has 0 amide bonds. The Morgan fingerprint density at radius 1 is 0.929 bits per heavy atom. The third-order valence-electron chi connectivity index (χ3n) is 4.33. The van der Waals surface area contributed by atoms with Gasteiger partial charge in [-0.3, -0.25) is 4.79 Å². The lowest BCUT2D eigenvalue weighted by Crippen LogP contribution is -2.11. The van der Waals surface area contributed by atoms with Crippen molar-refractivity contribution >= 4 is 17.0 Å². The average molecular weight is 375 g/mol. The minimum absolute atomic E-state index is 0.269. The summed E-state index contributed by atoms with van der Waals surface area (Å²) in [5.74, 6) is 0.412. The normalized spacial score (nSPS) is 11.0. The van der Waals surface area contributed by atoms with Gasteiger partial charge in [0.2, 0.25) is 5.56 Å². The van der Waals surface area contributed by atoms with E-state index in [1.807, 2.05) is 38.1 Å². The van der Waals surface area contributed by atoms with Crippen LogP contribution in [0.3, 0.4) is 0 Å². The van der Waals surface area contributed by atoms with Crippen molar-refractivity contribution < 1.29 is 4.39 Å². The minimum Gasteiger partial charge on any atom is -0.363 e. The van der Waals surface area contributed by atoms with Gasteiger partial charge >= 0.3 is 0 Å². The van der Waals surface area contributed by atoms with Crippen LogP contribution in [0.25, 0.3) is 33.7 Å². The Bertz CT molecular complexity index is 1250. The molecule has 0 fully saturated rings. The monoisotopic (exact) mass is 375 g/mol. The van der Waals surface area contributed by atoms with E-state index in [4.69, 9.17) is 4.98 Å². The lowest BCUT2D eigenvalue weighted by molar-refractivity contribution is 0.628. The van der Waals surface area contributed by atoms with E-state index in [-0.39, 0.29) is 11.4 Å². The summed E-state index contributed by atoms with van der Waals surface area (Å²) >= 11 is 0. The molecule has 0 saturated heterocycles. The highest BCUT2D eigenvalue weighted by Crippen LogP contribution is 2.32. The van der Waals surface area contributed by atoms with Gasteiger partial charge < -0.3 is 9.88 Å². The molecule has 0 spiro atoms. The lowest BCUT2D eigenvalue weighted by atomic mass is 10.0. The number of rotatable bonds is 3. The first-order valence-electron chi connectivity index (χ1n) is 8.74. The number of aryl methyl sites for hydroxylation is 1. The molecule has 0 aliphatic heterocycles. The summed E-state index contributed by atoms with van der Waals surface area (Å²) in [6.07, 6.45) is 0. The number of hydrogen-bond acceptors (Lipinski definition) is 5. The van der Waals surface area contributed by atoms with Gasteiger partial charge in [0.15, 0.2) is 5.65 Å². The van der Waals surface area contributed by atoms with Crippen LogP contribution in [0.4, 0.5) is 10.2 Å². The molecule has 0 aliphatic carbocycles. The van der Waals surface area contributed by atoms with Gasteiger partial charge in [-0.25, -0.2) is 19.3 Å². The van der Waals surface area contributed by atoms with Crippen molar-refractivity contribution in [1.29, 1.82) is 0 Å². The van der Waals surface area contributed by atoms with Crippen molar-refractivity contribution in [2.75, 3.05) is 19.0 Å². The molecule has 3 aromatic heterocycles. The number of hydrogen-bond donors (Lipinski definition) is 1. The molecular weight excluding hydrogens is 357 g/mol. The quantitative estimate of drug-likeness (QED) is 0.593. The van der Waals surface area contributed by atoms with E-state index in [1.165, 1.54) is 18.2 Å². The number of nitrogens with zero attached hydrogens (tertiary/aromatic N) is 4. The molecule has 4 rings (SSSR count). The third kappa shape index (κ3) is 3.34. The van der Waals surface area contributed by atoms with Gasteiger partial charge in [-0.1, -0.05) is 12.1 Å². The van der Waals surface area contributed by atoms with Gasteiger partial charge in [-0.2, -0.15) is 0 Å². The van der Waals surface area contributed by atoms with E-state index in [1.54, 1.807) is 18.2 Å². The summed E-state index contributed by atoms with van der Waals surface area (Å²) in [5, 5.41) is 0. The van der Waals surface area contributed by atoms with Crippen LogP contribution >= 0.6 is 0 Å². The van der Waals surface area contributed by atoms with Crippen molar-refractivity contribution in [3.63, 3.8) is 0 Å². The molecule has 0 radical (unpaired) electrons. The Kier molecular flexibility index (Phi) is 4.35. The van der Waals surface area contributed by atoms with Crippen LogP contribution in [0.15, 0.2) is 53.3 Å². The van der Waals surface area contributed by atoms with E-state index in [0.29, 0.717) is 28.1 Å². The third-order valence-corrected chi connectivity index (χ3v) is 4.33. The highest BCUT2D eigenvalue weighted by atomic mass is 19.1. The predicted molar refractivity (Wildman–Crippen MR) is 108 cm³/mol. The molecule has 140 valence electrons. The molecule has 3 heterocycles. The number of H-pyrrole nitrogens is 1. The second-order valence-corrected chi connectivity index (χ2v) is 6.74. The van der Waals surface area contributed by atoms with E-state index in [9.17, 15) is 9.18 Å². The van der Waals surface area contributed by atoms with Crippen molar-refractivity contribution in [3.8, 4) is 22.5 Å². The fourth-order valence-electron chi connectivity index (χ4n) is 3.02. The van der Waals surface area contributed by atoms with Crippen molar-refractivity contribution in [1.82, 2.24) is 19.9 Å². The zero-order valence-corrected chi connectivity index (χ0v) is 15.7. The largest absolute Gasteiger partial charge is 0.363 e. The molecule has 0 saturated carbocycles. The van der Waals surface area contributed by atoms with E-state index < -0.39 is 0 Å². The Hall–Kier alpha value is -3.61. The first-order chi connectivity index (χ1) is 13.4. The molecule has 0 unspecified atom stereocenters. The van der Waals surface area contributed by atoms with E-state index in [0.717, 1.165) is 17.1 Å². The topological polar surface area (TPSA) is 74.8 Å². The number of nitrogens with one attached hydrogen (secondary N) is 1. The summed E-state index contributed by atoms with van der Waals surface area (Å²) in [6, 6.07) is 13.0. The zero-order valence-electron chi connectivity index (χ0n) is 15.7. The summed E-state index contributed by atoms with van der Waals surface area (Å²) in [6.45, 7) is 1.91. The summed E-state index contributed by atoms with van der Waals surface area (Å²) < 4.78 is 13.9. The number of benzene rings is 1. The zero-order chi connectivity index (χ0) is 19.8. The van der Waals surface area contributed by atoms with Crippen LogP contribution < -0.4 is 10.5 Å². The van der Waals surface area contributed by atoms with E-state index in [2.05, 4.69) is 15.0 Å². The minimum atomic E-state index is -0.369. The second-order valence-electron chi connectivity index (χ2n) is 6.74.